The second-order valence-electron chi connectivity index (χ2n) is 6.76. The number of anilines is 1. The summed E-state index contributed by atoms with van der Waals surface area (Å²) < 4.78 is 1.85. The number of hydrogen-bond donors (Lipinski definition) is 2. The van der Waals surface area contributed by atoms with Gasteiger partial charge in [0, 0.05) is 18.0 Å². The second-order valence-corrected chi connectivity index (χ2v) is 6.76. The third kappa shape index (κ3) is 4.31. The first-order chi connectivity index (χ1) is 11.6. The van der Waals surface area contributed by atoms with Crippen molar-refractivity contribution in [2.75, 3.05) is 5.32 Å². The molecule has 0 radical (unpaired) electrons. The van der Waals surface area contributed by atoms with Crippen LogP contribution in [0, 0.1) is 17.0 Å². The second kappa shape index (κ2) is 6.88. The SMILES string of the molecule is Cc1nn(C(C)(C)C)cc1C(C)NC(=O)Nc1ccncc1[N+](=O)[O-]. The minimum Gasteiger partial charge on any atom is -0.331 e. The van der Waals surface area contributed by atoms with Crippen LogP contribution in [0.15, 0.2) is 24.7 Å². The molecule has 0 aromatic carbocycles. The summed E-state index contributed by atoms with van der Waals surface area (Å²) in [7, 11) is 0. The van der Waals surface area contributed by atoms with E-state index in [0.717, 1.165) is 17.5 Å². The summed E-state index contributed by atoms with van der Waals surface area (Å²) in [5.41, 5.74) is 1.36. The van der Waals surface area contributed by atoms with Crippen molar-refractivity contribution < 1.29 is 9.72 Å². The molecule has 9 heteroatoms. The van der Waals surface area contributed by atoms with Gasteiger partial charge >= 0.3 is 11.7 Å². The Labute approximate surface area is 145 Å². The average molecular weight is 346 g/mol. The van der Waals surface area contributed by atoms with E-state index in [1.165, 1.54) is 12.3 Å². The topological polar surface area (TPSA) is 115 Å². The third-order valence-corrected chi connectivity index (χ3v) is 3.68. The van der Waals surface area contributed by atoms with Gasteiger partial charge in [0.1, 0.15) is 11.9 Å². The van der Waals surface area contributed by atoms with Crippen LogP contribution in [0.4, 0.5) is 16.2 Å². The Morgan fingerprint density at radius 3 is 2.64 bits per heavy atom. The van der Waals surface area contributed by atoms with Crippen molar-refractivity contribution in [3.8, 4) is 0 Å². The Kier molecular flexibility index (Phi) is 5.05. The molecule has 2 aromatic heterocycles. The molecule has 0 spiro atoms. The zero-order valence-corrected chi connectivity index (χ0v) is 14.9. The zero-order chi connectivity index (χ0) is 18.8. The van der Waals surface area contributed by atoms with Crippen molar-refractivity contribution in [1.82, 2.24) is 20.1 Å². The fourth-order valence-electron chi connectivity index (χ4n) is 2.31. The van der Waals surface area contributed by atoms with Crippen LogP contribution in [0.3, 0.4) is 0 Å². The number of pyridine rings is 1. The van der Waals surface area contributed by atoms with Crippen molar-refractivity contribution in [1.29, 1.82) is 0 Å². The van der Waals surface area contributed by atoms with Crippen molar-refractivity contribution in [2.45, 2.75) is 46.2 Å². The maximum atomic E-state index is 12.2. The van der Waals surface area contributed by atoms with Gasteiger partial charge in [-0.1, -0.05) is 0 Å². The molecule has 0 saturated carbocycles. The molecule has 2 amide bonds. The lowest BCUT2D eigenvalue weighted by molar-refractivity contribution is -0.384. The number of amides is 2. The van der Waals surface area contributed by atoms with E-state index in [1.807, 2.05) is 45.5 Å². The molecule has 1 atom stereocenters. The van der Waals surface area contributed by atoms with Gasteiger partial charge in [-0.3, -0.25) is 19.8 Å². The first-order valence-corrected chi connectivity index (χ1v) is 7.82. The number of aromatic nitrogens is 3. The predicted molar refractivity (Wildman–Crippen MR) is 93.4 cm³/mol. The molecular weight excluding hydrogens is 324 g/mol. The summed E-state index contributed by atoms with van der Waals surface area (Å²) >= 11 is 0. The highest BCUT2D eigenvalue weighted by atomic mass is 16.6. The number of nitrogens with one attached hydrogen (secondary N) is 2. The molecule has 2 aromatic rings. The van der Waals surface area contributed by atoms with Crippen molar-refractivity contribution >= 4 is 17.4 Å². The number of hydrogen-bond acceptors (Lipinski definition) is 5. The predicted octanol–water partition coefficient (Wildman–Crippen LogP) is 3.13. The van der Waals surface area contributed by atoms with Crippen molar-refractivity contribution in [2.24, 2.45) is 0 Å². The van der Waals surface area contributed by atoms with E-state index in [4.69, 9.17) is 0 Å². The first kappa shape index (κ1) is 18.4. The van der Waals surface area contributed by atoms with E-state index < -0.39 is 11.0 Å². The molecule has 2 N–H and O–H groups in total. The van der Waals surface area contributed by atoms with Crippen LogP contribution in [-0.4, -0.2) is 25.7 Å². The summed E-state index contributed by atoms with van der Waals surface area (Å²) in [6.07, 6.45) is 4.37. The molecule has 0 saturated heterocycles. The van der Waals surface area contributed by atoms with Crippen LogP contribution in [0.25, 0.3) is 0 Å². The zero-order valence-electron chi connectivity index (χ0n) is 14.9. The summed E-state index contributed by atoms with van der Waals surface area (Å²) in [5.74, 6) is 0. The maximum Gasteiger partial charge on any atom is 0.319 e. The molecule has 9 nitrogen and oxygen atoms in total. The molecule has 0 aliphatic heterocycles. The third-order valence-electron chi connectivity index (χ3n) is 3.68. The number of aryl methyl sites for hydroxylation is 1. The van der Waals surface area contributed by atoms with Crippen LogP contribution in [0.2, 0.25) is 0 Å². The highest BCUT2D eigenvalue weighted by Gasteiger charge is 2.21. The molecule has 0 bridgehead atoms. The smallest absolute Gasteiger partial charge is 0.319 e. The van der Waals surface area contributed by atoms with Crippen LogP contribution in [0.1, 0.15) is 45.0 Å². The van der Waals surface area contributed by atoms with Gasteiger partial charge in [0.15, 0.2) is 0 Å². The van der Waals surface area contributed by atoms with Gasteiger partial charge in [0.25, 0.3) is 0 Å². The summed E-state index contributed by atoms with van der Waals surface area (Å²) in [5, 5.41) is 20.7. The summed E-state index contributed by atoms with van der Waals surface area (Å²) in [6, 6.07) is 0.535. The standard InChI is InChI=1S/C16H22N6O3/c1-10(12-9-21(16(3,4)5)20-11(12)2)18-15(23)19-13-6-7-17-8-14(13)22(24)25/h6-10H,1-5H3,(H2,17,18,19,23). The van der Waals surface area contributed by atoms with E-state index in [-0.39, 0.29) is 23.0 Å². The molecule has 0 aliphatic rings. The number of nitrogens with zero attached hydrogens (tertiary/aromatic N) is 4. The summed E-state index contributed by atoms with van der Waals surface area (Å²) in [4.78, 5) is 26.3. The minimum atomic E-state index is -0.594. The molecule has 25 heavy (non-hydrogen) atoms. The monoisotopic (exact) mass is 346 g/mol. The van der Waals surface area contributed by atoms with E-state index in [1.54, 1.807) is 0 Å². The Morgan fingerprint density at radius 2 is 2.08 bits per heavy atom. The molecule has 2 rings (SSSR count). The lowest BCUT2D eigenvalue weighted by atomic mass is 10.1. The number of rotatable bonds is 4. The Morgan fingerprint density at radius 1 is 1.40 bits per heavy atom. The Bertz CT molecular complexity index is 793. The Hall–Kier alpha value is -2.97. The highest BCUT2D eigenvalue weighted by molar-refractivity contribution is 5.91. The van der Waals surface area contributed by atoms with Gasteiger partial charge in [0.05, 0.1) is 22.2 Å². The van der Waals surface area contributed by atoms with Crippen molar-refractivity contribution in [3.63, 3.8) is 0 Å². The van der Waals surface area contributed by atoms with Crippen LogP contribution < -0.4 is 10.6 Å². The average Bonchev–Trinajstić information content (AvgIpc) is 2.89. The Balaban J connectivity index is 2.11. The van der Waals surface area contributed by atoms with E-state index in [0.29, 0.717) is 0 Å². The van der Waals surface area contributed by atoms with Gasteiger partial charge in [-0.25, -0.2) is 4.79 Å². The molecule has 134 valence electrons. The quantitative estimate of drug-likeness (QED) is 0.652. The van der Waals surface area contributed by atoms with Crippen LogP contribution >= 0.6 is 0 Å². The fourth-order valence-corrected chi connectivity index (χ4v) is 2.31. The van der Waals surface area contributed by atoms with Gasteiger partial charge in [-0.2, -0.15) is 5.10 Å². The lowest BCUT2D eigenvalue weighted by Crippen LogP contribution is -2.31. The minimum absolute atomic E-state index is 0.0896. The normalized spacial score (nSPS) is 12.5. The number of carbonyl (C=O) groups excluding carboxylic acids is 1. The van der Waals surface area contributed by atoms with E-state index in [2.05, 4.69) is 20.7 Å². The number of urea groups is 1. The van der Waals surface area contributed by atoms with E-state index >= 15 is 0 Å². The van der Waals surface area contributed by atoms with Crippen LogP contribution in [-0.2, 0) is 5.54 Å². The fraction of sp³-hybridized carbons (Fsp3) is 0.438. The van der Waals surface area contributed by atoms with Gasteiger partial charge < -0.3 is 10.6 Å². The highest BCUT2D eigenvalue weighted by Crippen LogP contribution is 2.23. The molecule has 0 fully saturated rings. The largest absolute Gasteiger partial charge is 0.331 e. The van der Waals surface area contributed by atoms with Crippen LogP contribution in [0.5, 0.6) is 0 Å². The summed E-state index contributed by atoms with van der Waals surface area (Å²) in [6.45, 7) is 9.82. The van der Waals surface area contributed by atoms with Gasteiger partial charge in [-0.15, -0.1) is 0 Å². The number of carbonyl (C=O) groups is 1. The first-order valence-electron chi connectivity index (χ1n) is 7.82. The maximum absolute atomic E-state index is 12.2. The molecule has 1 unspecified atom stereocenters. The van der Waals surface area contributed by atoms with Gasteiger partial charge in [-0.05, 0) is 40.7 Å². The van der Waals surface area contributed by atoms with E-state index in [9.17, 15) is 14.9 Å². The molecule has 0 aliphatic carbocycles. The van der Waals surface area contributed by atoms with Crippen molar-refractivity contribution in [3.05, 3.63) is 46.0 Å². The molecule has 2 heterocycles. The molecular formula is C16H22N6O3. The lowest BCUT2D eigenvalue weighted by Gasteiger charge is -2.19. The van der Waals surface area contributed by atoms with Gasteiger partial charge in [0.2, 0.25) is 0 Å². The number of nitro groups is 1.